The van der Waals surface area contributed by atoms with Crippen molar-refractivity contribution < 1.29 is 4.74 Å². The van der Waals surface area contributed by atoms with Crippen LogP contribution in [0, 0.1) is 0 Å². The summed E-state index contributed by atoms with van der Waals surface area (Å²) in [7, 11) is 0. The van der Waals surface area contributed by atoms with Crippen molar-refractivity contribution in [3.63, 3.8) is 0 Å². The van der Waals surface area contributed by atoms with E-state index in [2.05, 4.69) is 5.32 Å². The number of hydrogen-bond acceptors (Lipinski definition) is 2. The molecule has 2 aliphatic rings. The smallest absolute Gasteiger partial charge is 0.0503 e. The van der Waals surface area contributed by atoms with E-state index in [-0.39, 0.29) is 0 Å². The standard InChI is InChI=1S/C9H15NO/c1-4-10-7-9(1)8-2-5-11-6-3-8/h10H,1-7H2. The van der Waals surface area contributed by atoms with Crippen molar-refractivity contribution in [1.29, 1.82) is 0 Å². The molecule has 0 aliphatic carbocycles. The average molecular weight is 153 g/mol. The van der Waals surface area contributed by atoms with E-state index in [9.17, 15) is 0 Å². The van der Waals surface area contributed by atoms with E-state index in [0.717, 1.165) is 19.8 Å². The first-order chi connectivity index (χ1) is 5.47. The summed E-state index contributed by atoms with van der Waals surface area (Å²) in [5.41, 5.74) is 3.33. The molecule has 1 N–H and O–H groups in total. The van der Waals surface area contributed by atoms with Crippen molar-refractivity contribution in [2.45, 2.75) is 19.3 Å². The molecule has 0 aromatic heterocycles. The van der Waals surface area contributed by atoms with Gasteiger partial charge in [-0.15, -0.1) is 0 Å². The molecule has 0 atom stereocenters. The predicted octanol–water partition coefficient (Wildman–Crippen LogP) is 1.09. The lowest BCUT2D eigenvalue weighted by atomic mass is 10.0. The number of rotatable bonds is 0. The summed E-state index contributed by atoms with van der Waals surface area (Å²) in [6.07, 6.45) is 3.63. The molecular formula is C9H15NO. The maximum Gasteiger partial charge on any atom is 0.0503 e. The molecule has 2 heterocycles. The van der Waals surface area contributed by atoms with E-state index in [1.807, 2.05) is 0 Å². The van der Waals surface area contributed by atoms with Gasteiger partial charge in [0.1, 0.15) is 0 Å². The lowest BCUT2D eigenvalue weighted by Crippen LogP contribution is -2.11. The largest absolute Gasteiger partial charge is 0.381 e. The Kier molecular flexibility index (Phi) is 2.24. The predicted molar refractivity (Wildman–Crippen MR) is 44.6 cm³/mol. The molecule has 2 saturated heterocycles. The minimum atomic E-state index is 0.943. The lowest BCUT2D eigenvalue weighted by Gasteiger charge is -2.16. The van der Waals surface area contributed by atoms with Crippen molar-refractivity contribution in [2.24, 2.45) is 0 Å². The van der Waals surface area contributed by atoms with Crippen LogP contribution in [0.25, 0.3) is 0 Å². The second kappa shape index (κ2) is 3.37. The Morgan fingerprint density at radius 2 is 1.82 bits per heavy atom. The Balaban J connectivity index is 2.03. The zero-order chi connectivity index (χ0) is 7.52. The average Bonchev–Trinajstić information content (AvgIpc) is 2.58. The molecule has 0 unspecified atom stereocenters. The van der Waals surface area contributed by atoms with Gasteiger partial charge >= 0.3 is 0 Å². The number of hydrogen-bond donors (Lipinski definition) is 1. The van der Waals surface area contributed by atoms with Gasteiger partial charge in [-0.3, -0.25) is 0 Å². The molecule has 2 nitrogen and oxygen atoms in total. The quantitative estimate of drug-likeness (QED) is 0.526. The molecule has 0 aromatic rings. The summed E-state index contributed by atoms with van der Waals surface area (Å²) < 4.78 is 5.30. The first-order valence-corrected chi connectivity index (χ1v) is 4.45. The highest BCUT2D eigenvalue weighted by Gasteiger charge is 2.14. The van der Waals surface area contributed by atoms with Crippen LogP contribution in [0.2, 0.25) is 0 Å². The Morgan fingerprint density at radius 1 is 1.00 bits per heavy atom. The Bertz CT molecular complexity index is 158. The van der Waals surface area contributed by atoms with Crippen LogP contribution in [0.1, 0.15) is 19.3 Å². The fraction of sp³-hybridized carbons (Fsp3) is 0.778. The van der Waals surface area contributed by atoms with Crippen LogP contribution in [0.3, 0.4) is 0 Å². The third-order valence-corrected chi connectivity index (χ3v) is 2.54. The van der Waals surface area contributed by atoms with Crippen LogP contribution >= 0.6 is 0 Å². The van der Waals surface area contributed by atoms with E-state index in [0.29, 0.717) is 0 Å². The van der Waals surface area contributed by atoms with Crippen molar-refractivity contribution >= 4 is 0 Å². The van der Waals surface area contributed by atoms with E-state index < -0.39 is 0 Å². The van der Waals surface area contributed by atoms with Crippen LogP contribution in [-0.2, 0) is 4.74 Å². The number of ether oxygens (including phenoxy) is 1. The first-order valence-electron chi connectivity index (χ1n) is 4.45. The molecule has 0 bridgehead atoms. The lowest BCUT2D eigenvalue weighted by molar-refractivity contribution is 0.118. The van der Waals surface area contributed by atoms with Crippen LogP contribution < -0.4 is 5.32 Å². The molecule has 2 fully saturated rings. The molecule has 2 heteroatoms. The van der Waals surface area contributed by atoms with Crippen LogP contribution in [0.5, 0.6) is 0 Å². The van der Waals surface area contributed by atoms with E-state index >= 15 is 0 Å². The molecule has 2 rings (SSSR count). The van der Waals surface area contributed by atoms with E-state index in [1.54, 1.807) is 11.1 Å². The van der Waals surface area contributed by atoms with E-state index in [1.165, 1.54) is 25.8 Å². The summed E-state index contributed by atoms with van der Waals surface area (Å²) in [6, 6.07) is 0. The van der Waals surface area contributed by atoms with Gasteiger partial charge in [0.25, 0.3) is 0 Å². The van der Waals surface area contributed by atoms with E-state index in [4.69, 9.17) is 4.74 Å². The second-order valence-corrected chi connectivity index (χ2v) is 3.25. The van der Waals surface area contributed by atoms with Crippen molar-refractivity contribution in [3.05, 3.63) is 11.1 Å². The molecule has 0 radical (unpaired) electrons. The summed E-state index contributed by atoms with van der Waals surface area (Å²) in [5.74, 6) is 0. The normalized spacial score (nSPS) is 26.2. The third kappa shape index (κ3) is 1.63. The van der Waals surface area contributed by atoms with Crippen molar-refractivity contribution in [1.82, 2.24) is 5.32 Å². The minimum absolute atomic E-state index is 0.943. The second-order valence-electron chi connectivity index (χ2n) is 3.25. The highest BCUT2D eigenvalue weighted by atomic mass is 16.5. The fourth-order valence-electron chi connectivity index (χ4n) is 1.84. The summed E-state index contributed by atoms with van der Waals surface area (Å²) in [5, 5.41) is 3.37. The zero-order valence-corrected chi connectivity index (χ0v) is 6.86. The molecule has 0 amide bonds. The maximum absolute atomic E-state index is 5.30. The zero-order valence-electron chi connectivity index (χ0n) is 6.86. The Hall–Kier alpha value is -0.340. The monoisotopic (exact) mass is 153 g/mol. The van der Waals surface area contributed by atoms with Gasteiger partial charge in [-0.25, -0.2) is 0 Å². The Morgan fingerprint density at radius 3 is 2.45 bits per heavy atom. The van der Waals surface area contributed by atoms with Gasteiger partial charge in [0.05, 0.1) is 13.2 Å². The minimum Gasteiger partial charge on any atom is -0.381 e. The van der Waals surface area contributed by atoms with Gasteiger partial charge in [-0.1, -0.05) is 11.1 Å². The van der Waals surface area contributed by atoms with Gasteiger partial charge in [0.2, 0.25) is 0 Å². The number of nitrogens with one attached hydrogen (secondary N) is 1. The molecule has 11 heavy (non-hydrogen) atoms. The molecule has 2 aliphatic heterocycles. The van der Waals surface area contributed by atoms with Crippen LogP contribution in [-0.4, -0.2) is 26.3 Å². The first kappa shape index (κ1) is 7.32. The molecule has 0 spiro atoms. The van der Waals surface area contributed by atoms with Crippen molar-refractivity contribution in [2.75, 3.05) is 26.3 Å². The SMILES string of the molecule is C1CC(=C2CCOCC2)CN1. The van der Waals surface area contributed by atoms with Gasteiger partial charge < -0.3 is 10.1 Å². The topological polar surface area (TPSA) is 21.3 Å². The highest BCUT2D eigenvalue weighted by Crippen LogP contribution is 2.21. The highest BCUT2D eigenvalue weighted by molar-refractivity contribution is 5.19. The Labute approximate surface area is 67.6 Å². The molecule has 62 valence electrons. The maximum atomic E-state index is 5.30. The van der Waals surface area contributed by atoms with Crippen molar-refractivity contribution in [3.8, 4) is 0 Å². The summed E-state index contributed by atoms with van der Waals surface area (Å²) in [4.78, 5) is 0. The van der Waals surface area contributed by atoms with Gasteiger partial charge in [0.15, 0.2) is 0 Å². The van der Waals surface area contributed by atoms with Gasteiger partial charge in [-0.2, -0.15) is 0 Å². The molecular weight excluding hydrogens is 138 g/mol. The molecule has 0 aromatic carbocycles. The molecule has 0 saturated carbocycles. The van der Waals surface area contributed by atoms with Gasteiger partial charge in [0, 0.05) is 6.54 Å². The summed E-state index contributed by atoms with van der Waals surface area (Å²) in [6.45, 7) is 4.20. The van der Waals surface area contributed by atoms with Gasteiger partial charge in [-0.05, 0) is 25.8 Å². The van der Waals surface area contributed by atoms with Crippen LogP contribution in [0.4, 0.5) is 0 Å². The van der Waals surface area contributed by atoms with Crippen LogP contribution in [0.15, 0.2) is 11.1 Å². The fourth-order valence-corrected chi connectivity index (χ4v) is 1.84. The third-order valence-electron chi connectivity index (χ3n) is 2.54. The summed E-state index contributed by atoms with van der Waals surface area (Å²) >= 11 is 0.